The Labute approximate surface area is 100 Å². The number of rotatable bonds is 4. The van der Waals surface area contributed by atoms with Gasteiger partial charge in [0.2, 0.25) is 0 Å². The second kappa shape index (κ2) is 5.05. The number of carbonyl (C=O) groups is 1. The van der Waals surface area contributed by atoms with Gasteiger partial charge >= 0.3 is 6.09 Å². The summed E-state index contributed by atoms with van der Waals surface area (Å²) in [5, 5.41) is 0. The smallest absolute Gasteiger partial charge is 0.414 e. The lowest BCUT2D eigenvalue weighted by atomic mass is 10.2. The molecule has 92 valence electrons. The molecule has 0 radical (unpaired) electrons. The molecule has 2 N–H and O–H groups in total. The first-order valence-electron chi connectivity index (χ1n) is 5.57. The number of carbonyl (C=O) groups excluding carboxylic acids is 1. The largest absolute Gasteiger partial charge is 0.497 e. The number of hydrogen-bond donors (Lipinski definition) is 1. The SMILES string of the molecule is COc1ccc(N2CC(CCN)OC2=O)cc1. The number of nitrogens with zero attached hydrogens (tertiary/aromatic N) is 1. The zero-order valence-corrected chi connectivity index (χ0v) is 9.76. The van der Waals surface area contributed by atoms with Crippen molar-refractivity contribution in [3.8, 4) is 5.75 Å². The fraction of sp³-hybridized carbons (Fsp3) is 0.417. The van der Waals surface area contributed by atoms with Crippen LogP contribution >= 0.6 is 0 Å². The number of methoxy groups -OCH3 is 1. The van der Waals surface area contributed by atoms with Gasteiger partial charge in [-0.2, -0.15) is 0 Å². The highest BCUT2D eigenvalue weighted by molar-refractivity contribution is 5.89. The molecule has 1 amide bonds. The minimum absolute atomic E-state index is 0.102. The molecule has 0 bridgehead atoms. The van der Waals surface area contributed by atoms with Crippen molar-refractivity contribution in [1.29, 1.82) is 0 Å². The third-order valence-electron chi connectivity index (χ3n) is 2.75. The van der Waals surface area contributed by atoms with Crippen molar-refractivity contribution >= 4 is 11.8 Å². The van der Waals surface area contributed by atoms with Gasteiger partial charge in [0.15, 0.2) is 0 Å². The lowest BCUT2D eigenvalue weighted by Crippen LogP contribution is -2.25. The van der Waals surface area contributed by atoms with E-state index < -0.39 is 0 Å². The second-order valence-corrected chi connectivity index (χ2v) is 3.89. The Morgan fingerprint density at radius 1 is 1.47 bits per heavy atom. The molecule has 1 aliphatic rings. The first-order chi connectivity index (χ1) is 8.24. The number of ether oxygens (including phenoxy) is 2. The van der Waals surface area contributed by atoms with E-state index in [1.807, 2.05) is 24.3 Å². The van der Waals surface area contributed by atoms with Crippen molar-refractivity contribution in [2.75, 3.05) is 25.1 Å². The lowest BCUT2D eigenvalue weighted by Gasteiger charge is -2.13. The van der Waals surface area contributed by atoms with E-state index >= 15 is 0 Å². The summed E-state index contributed by atoms with van der Waals surface area (Å²) in [5.74, 6) is 0.764. The Morgan fingerprint density at radius 3 is 2.76 bits per heavy atom. The Bertz CT molecular complexity index is 391. The maximum absolute atomic E-state index is 11.6. The zero-order valence-electron chi connectivity index (χ0n) is 9.76. The summed E-state index contributed by atoms with van der Waals surface area (Å²) in [5.41, 5.74) is 6.26. The van der Waals surface area contributed by atoms with Crippen molar-refractivity contribution in [3.63, 3.8) is 0 Å². The molecule has 0 spiro atoms. The van der Waals surface area contributed by atoms with Crippen LogP contribution in [-0.4, -0.2) is 32.4 Å². The van der Waals surface area contributed by atoms with Crippen LogP contribution in [0.2, 0.25) is 0 Å². The number of cyclic esters (lactones) is 1. The molecular weight excluding hydrogens is 220 g/mol. The van der Waals surface area contributed by atoms with Crippen molar-refractivity contribution in [2.24, 2.45) is 5.73 Å². The molecule has 0 aliphatic carbocycles. The Balaban J connectivity index is 2.08. The van der Waals surface area contributed by atoms with Crippen LogP contribution in [0.5, 0.6) is 5.75 Å². The fourth-order valence-corrected chi connectivity index (χ4v) is 1.83. The third kappa shape index (κ3) is 2.50. The van der Waals surface area contributed by atoms with Gasteiger partial charge in [-0.1, -0.05) is 0 Å². The van der Waals surface area contributed by atoms with Crippen LogP contribution < -0.4 is 15.4 Å². The molecule has 1 fully saturated rings. The van der Waals surface area contributed by atoms with Gasteiger partial charge in [-0.3, -0.25) is 4.90 Å². The maximum Gasteiger partial charge on any atom is 0.414 e. The van der Waals surface area contributed by atoms with Crippen LogP contribution in [0.3, 0.4) is 0 Å². The summed E-state index contributed by atoms with van der Waals surface area (Å²) < 4.78 is 10.3. The van der Waals surface area contributed by atoms with Crippen LogP contribution in [0, 0.1) is 0 Å². The molecule has 1 aromatic rings. The van der Waals surface area contributed by atoms with Crippen molar-refractivity contribution in [3.05, 3.63) is 24.3 Å². The molecular formula is C12H16N2O3. The summed E-state index contributed by atoms with van der Waals surface area (Å²) in [4.78, 5) is 13.3. The standard InChI is InChI=1S/C12H16N2O3/c1-16-10-4-2-9(3-5-10)14-8-11(6-7-13)17-12(14)15/h2-5,11H,6-8,13H2,1H3. The highest BCUT2D eigenvalue weighted by atomic mass is 16.6. The summed E-state index contributed by atoms with van der Waals surface area (Å²) in [6.45, 7) is 1.08. The molecule has 1 aromatic carbocycles. The minimum Gasteiger partial charge on any atom is -0.497 e. The molecule has 1 saturated heterocycles. The average molecular weight is 236 g/mol. The van der Waals surface area contributed by atoms with Gasteiger partial charge in [-0.25, -0.2) is 4.79 Å². The van der Waals surface area contributed by atoms with Crippen LogP contribution in [0.25, 0.3) is 0 Å². The minimum atomic E-state index is -0.311. The van der Waals surface area contributed by atoms with E-state index in [4.69, 9.17) is 15.2 Å². The van der Waals surface area contributed by atoms with E-state index in [0.717, 1.165) is 11.4 Å². The van der Waals surface area contributed by atoms with E-state index in [-0.39, 0.29) is 12.2 Å². The van der Waals surface area contributed by atoms with E-state index in [2.05, 4.69) is 0 Å². The van der Waals surface area contributed by atoms with Crippen LogP contribution in [0.15, 0.2) is 24.3 Å². The van der Waals surface area contributed by atoms with E-state index in [1.54, 1.807) is 12.0 Å². The van der Waals surface area contributed by atoms with Gasteiger partial charge < -0.3 is 15.2 Å². The number of amides is 1. The average Bonchev–Trinajstić information content (AvgIpc) is 2.71. The van der Waals surface area contributed by atoms with Crippen LogP contribution in [0.1, 0.15) is 6.42 Å². The van der Waals surface area contributed by atoms with E-state index in [0.29, 0.717) is 19.5 Å². The maximum atomic E-state index is 11.6. The summed E-state index contributed by atoms with van der Waals surface area (Å²) in [6, 6.07) is 7.31. The molecule has 1 heterocycles. The van der Waals surface area contributed by atoms with E-state index in [1.165, 1.54) is 0 Å². The molecule has 1 aliphatic heterocycles. The highest BCUT2D eigenvalue weighted by Crippen LogP contribution is 2.24. The predicted molar refractivity (Wildman–Crippen MR) is 64.3 cm³/mol. The zero-order chi connectivity index (χ0) is 12.3. The molecule has 0 aromatic heterocycles. The third-order valence-corrected chi connectivity index (χ3v) is 2.75. The van der Waals surface area contributed by atoms with Gasteiger partial charge in [0.25, 0.3) is 0 Å². The molecule has 17 heavy (non-hydrogen) atoms. The Morgan fingerprint density at radius 2 is 2.18 bits per heavy atom. The van der Waals surface area contributed by atoms with Crippen molar-refractivity contribution in [2.45, 2.75) is 12.5 Å². The van der Waals surface area contributed by atoms with Crippen LogP contribution in [0.4, 0.5) is 10.5 Å². The first-order valence-corrected chi connectivity index (χ1v) is 5.57. The number of anilines is 1. The summed E-state index contributed by atoms with van der Waals surface area (Å²) >= 11 is 0. The van der Waals surface area contributed by atoms with Gasteiger partial charge in [-0.05, 0) is 37.2 Å². The van der Waals surface area contributed by atoms with Gasteiger partial charge in [0.05, 0.1) is 13.7 Å². The molecule has 5 heteroatoms. The molecule has 5 nitrogen and oxygen atoms in total. The Hall–Kier alpha value is -1.75. The topological polar surface area (TPSA) is 64.8 Å². The normalized spacial score (nSPS) is 19.3. The van der Waals surface area contributed by atoms with E-state index in [9.17, 15) is 4.79 Å². The molecule has 0 saturated carbocycles. The highest BCUT2D eigenvalue weighted by Gasteiger charge is 2.31. The van der Waals surface area contributed by atoms with Gasteiger partial charge in [0.1, 0.15) is 11.9 Å². The number of benzene rings is 1. The Kier molecular flexibility index (Phi) is 3.49. The summed E-state index contributed by atoms with van der Waals surface area (Å²) in [6.07, 6.45) is 0.279. The summed E-state index contributed by atoms with van der Waals surface area (Å²) in [7, 11) is 1.61. The van der Waals surface area contributed by atoms with Crippen molar-refractivity contribution < 1.29 is 14.3 Å². The first kappa shape index (κ1) is 11.7. The molecule has 1 unspecified atom stereocenters. The fourth-order valence-electron chi connectivity index (χ4n) is 1.83. The van der Waals surface area contributed by atoms with Gasteiger partial charge in [-0.15, -0.1) is 0 Å². The van der Waals surface area contributed by atoms with Gasteiger partial charge in [0, 0.05) is 5.69 Å². The monoisotopic (exact) mass is 236 g/mol. The molecule has 2 rings (SSSR count). The second-order valence-electron chi connectivity index (χ2n) is 3.89. The lowest BCUT2D eigenvalue weighted by molar-refractivity contribution is 0.138. The number of hydrogen-bond acceptors (Lipinski definition) is 4. The predicted octanol–water partition coefficient (Wildman–Crippen LogP) is 1.37. The number of nitrogens with two attached hydrogens (primary N) is 1. The van der Waals surface area contributed by atoms with Crippen LogP contribution in [-0.2, 0) is 4.74 Å². The van der Waals surface area contributed by atoms with Crippen molar-refractivity contribution in [1.82, 2.24) is 0 Å². The molecule has 1 atom stereocenters. The quantitative estimate of drug-likeness (QED) is 0.857.